The highest BCUT2D eigenvalue weighted by molar-refractivity contribution is 5.85. The molecule has 0 aliphatic heterocycles. The van der Waals surface area contributed by atoms with Gasteiger partial charge in [0.1, 0.15) is 17.6 Å². The predicted octanol–water partition coefficient (Wildman–Crippen LogP) is 2.45. The molecule has 0 saturated heterocycles. The Morgan fingerprint density at radius 2 is 2.05 bits per heavy atom. The maximum absolute atomic E-state index is 13.8. The van der Waals surface area contributed by atoms with Crippen LogP contribution in [0.5, 0.6) is 5.75 Å². The van der Waals surface area contributed by atoms with Gasteiger partial charge in [-0.2, -0.15) is 8.78 Å². The minimum absolute atomic E-state index is 0. The molecule has 0 heterocycles. The van der Waals surface area contributed by atoms with E-state index in [9.17, 15) is 18.0 Å². The lowest BCUT2D eigenvalue weighted by Gasteiger charge is -2.23. The summed E-state index contributed by atoms with van der Waals surface area (Å²) in [4.78, 5) is 11.2. The van der Waals surface area contributed by atoms with Crippen molar-refractivity contribution >= 4 is 18.4 Å². The van der Waals surface area contributed by atoms with Crippen LogP contribution in [-0.2, 0) is 9.53 Å². The van der Waals surface area contributed by atoms with Gasteiger partial charge in [0.25, 0.3) is 0 Å². The summed E-state index contributed by atoms with van der Waals surface area (Å²) in [5.74, 6) is -6.52. The number of hydrogen-bond acceptors (Lipinski definition) is 4. The molecule has 8 heteroatoms. The molecule has 0 aliphatic carbocycles. The first kappa shape index (κ1) is 18.5. The molecular weight excluding hydrogens is 299 g/mol. The monoisotopic (exact) mass is 313 g/mol. The first-order valence-corrected chi connectivity index (χ1v) is 5.48. The second kappa shape index (κ2) is 7.35. The van der Waals surface area contributed by atoms with Gasteiger partial charge in [-0.3, -0.25) is 0 Å². The standard InChI is InChI=1S/C12H14F3NO3.ClH/c1-3-19-11(17)12(14,15)10(16)8-6-7(13)4-5-9(8)18-2;/h4-6,10H,3,16H2,1-2H3;1H/t10-;/m1./s1. The molecule has 0 radical (unpaired) electrons. The Morgan fingerprint density at radius 3 is 2.55 bits per heavy atom. The fraction of sp³-hybridized carbons (Fsp3) is 0.417. The fourth-order valence-electron chi connectivity index (χ4n) is 1.50. The Hall–Kier alpha value is -1.47. The average Bonchev–Trinajstić information content (AvgIpc) is 2.38. The number of methoxy groups -OCH3 is 1. The van der Waals surface area contributed by atoms with Gasteiger partial charge in [-0.1, -0.05) is 0 Å². The maximum Gasteiger partial charge on any atom is 0.379 e. The van der Waals surface area contributed by atoms with Crippen LogP contribution in [0.15, 0.2) is 18.2 Å². The molecule has 0 fully saturated rings. The van der Waals surface area contributed by atoms with E-state index in [0.717, 1.165) is 18.2 Å². The third-order valence-electron chi connectivity index (χ3n) is 2.46. The molecule has 1 aromatic carbocycles. The number of carbonyl (C=O) groups is 1. The van der Waals surface area contributed by atoms with Crippen molar-refractivity contribution in [3.8, 4) is 5.75 Å². The van der Waals surface area contributed by atoms with Crippen LogP contribution in [0, 0.1) is 5.82 Å². The Balaban J connectivity index is 0.00000361. The van der Waals surface area contributed by atoms with Crippen LogP contribution < -0.4 is 10.5 Å². The van der Waals surface area contributed by atoms with E-state index in [2.05, 4.69) is 4.74 Å². The highest BCUT2D eigenvalue weighted by atomic mass is 35.5. The molecule has 20 heavy (non-hydrogen) atoms. The lowest BCUT2D eigenvalue weighted by Crippen LogP contribution is -2.42. The van der Waals surface area contributed by atoms with Gasteiger partial charge in [0.15, 0.2) is 0 Å². The van der Waals surface area contributed by atoms with Crippen LogP contribution >= 0.6 is 12.4 Å². The lowest BCUT2D eigenvalue weighted by molar-refractivity contribution is -0.174. The molecule has 0 aromatic heterocycles. The van der Waals surface area contributed by atoms with Crippen LogP contribution in [-0.4, -0.2) is 25.6 Å². The number of ether oxygens (including phenoxy) is 2. The molecule has 1 atom stereocenters. The first-order valence-electron chi connectivity index (χ1n) is 5.48. The summed E-state index contributed by atoms with van der Waals surface area (Å²) in [5, 5.41) is 0. The molecule has 2 N–H and O–H groups in total. The van der Waals surface area contributed by atoms with Gasteiger partial charge in [-0.05, 0) is 25.1 Å². The van der Waals surface area contributed by atoms with E-state index >= 15 is 0 Å². The van der Waals surface area contributed by atoms with E-state index in [4.69, 9.17) is 10.5 Å². The van der Waals surface area contributed by atoms with Crippen LogP contribution in [0.2, 0.25) is 0 Å². The summed E-state index contributed by atoms with van der Waals surface area (Å²) in [5.41, 5.74) is 5.05. The maximum atomic E-state index is 13.8. The van der Waals surface area contributed by atoms with Crippen LogP contribution in [0.25, 0.3) is 0 Å². The van der Waals surface area contributed by atoms with Crippen molar-refractivity contribution in [2.75, 3.05) is 13.7 Å². The predicted molar refractivity (Wildman–Crippen MR) is 68.7 cm³/mol. The molecule has 114 valence electrons. The van der Waals surface area contributed by atoms with E-state index < -0.39 is 23.8 Å². The quantitative estimate of drug-likeness (QED) is 0.848. The Labute approximate surface area is 120 Å². The molecule has 1 aromatic rings. The third-order valence-corrected chi connectivity index (χ3v) is 2.46. The highest BCUT2D eigenvalue weighted by Gasteiger charge is 2.48. The van der Waals surface area contributed by atoms with Crippen LogP contribution in [0.3, 0.4) is 0 Å². The first-order chi connectivity index (χ1) is 8.84. The molecule has 0 amide bonds. The van der Waals surface area contributed by atoms with Crippen molar-refractivity contribution in [1.82, 2.24) is 0 Å². The van der Waals surface area contributed by atoms with E-state index in [1.54, 1.807) is 0 Å². The van der Waals surface area contributed by atoms with Gasteiger partial charge in [-0.25, -0.2) is 9.18 Å². The lowest BCUT2D eigenvalue weighted by atomic mass is 10.00. The van der Waals surface area contributed by atoms with Crippen molar-refractivity contribution in [1.29, 1.82) is 0 Å². The number of nitrogens with two attached hydrogens (primary N) is 1. The summed E-state index contributed by atoms with van der Waals surface area (Å²) < 4.78 is 49.7. The number of carbonyl (C=O) groups excluding carboxylic acids is 1. The molecule has 0 bridgehead atoms. The van der Waals surface area contributed by atoms with Crippen LogP contribution in [0.4, 0.5) is 13.2 Å². The average molecular weight is 314 g/mol. The van der Waals surface area contributed by atoms with Crippen molar-refractivity contribution in [2.45, 2.75) is 18.9 Å². The minimum atomic E-state index is -3.98. The summed E-state index contributed by atoms with van der Waals surface area (Å²) in [6.45, 7) is 1.18. The van der Waals surface area contributed by atoms with Gasteiger partial charge in [0, 0.05) is 5.56 Å². The SMILES string of the molecule is CCOC(=O)C(F)(F)[C@H](N)c1cc(F)ccc1OC.Cl. The highest BCUT2D eigenvalue weighted by Crippen LogP contribution is 2.35. The van der Waals surface area contributed by atoms with Crippen molar-refractivity contribution in [2.24, 2.45) is 5.73 Å². The van der Waals surface area contributed by atoms with Gasteiger partial charge < -0.3 is 15.2 Å². The molecule has 0 spiro atoms. The van der Waals surface area contributed by atoms with Gasteiger partial charge in [0.2, 0.25) is 0 Å². The molecule has 4 nitrogen and oxygen atoms in total. The number of benzene rings is 1. The molecule has 1 rings (SSSR count). The largest absolute Gasteiger partial charge is 0.496 e. The fourth-order valence-corrected chi connectivity index (χ4v) is 1.50. The van der Waals surface area contributed by atoms with Gasteiger partial charge in [-0.15, -0.1) is 12.4 Å². The molecule has 0 aliphatic rings. The molecular formula is C12H15ClF3NO3. The number of hydrogen-bond donors (Lipinski definition) is 1. The number of alkyl halides is 2. The van der Waals surface area contributed by atoms with Gasteiger partial charge in [0.05, 0.1) is 13.7 Å². The number of esters is 1. The summed E-state index contributed by atoms with van der Waals surface area (Å²) in [7, 11) is 1.23. The Kier molecular flexibility index (Phi) is 6.81. The van der Waals surface area contributed by atoms with Gasteiger partial charge >= 0.3 is 11.9 Å². The van der Waals surface area contributed by atoms with E-state index in [-0.39, 0.29) is 30.3 Å². The van der Waals surface area contributed by atoms with Crippen molar-refractivity contribution < 1.29 is 27.4 Å². The molecule has 0 unspecified atom stereocenters. The zero-order valence-corrected chi connectivity index (χ0v) is 11.7. The van der Waals surface area contributed by atoms with Crippen LogP contribution in [0.1, 0.15) is 18.5 Å². The second-order valence-electron chi connectivity index (χ2n) is 3.71. The number of halogens is 4. The van der Waals surface area contributed by atoms with E-state index in [0.29, 0.717) is 0 Å². The zero-order chi connectivity index (χ0) is 14.6. The smallest absolute Gasteiger partial charge is 0.379 e. The van der Waals surface area contributed by atoms with E-state index in [1.165, 1.54) is 14.0 Å². The molecule has 0 saturated carbocycles. The topological polar surface area (TPSA) is 61.5 Å². The summed E-state index contributed by atoms with van der Waals surface area (Å²) >= 11 is 0. The number of rotatable bonds is 5. The Bertz CT molecular complexity index is 471. The van der Waals surface area contributed by atoms with Crippen molar-refractivity contribution in [3.05, 3.63) is 29.6 Å². The zero-order valence-electron chi connectivity index (χ0n) is 10.9. The van der Waals surface area contributed by atoms with Crippen molar-refractivity contribution in [3.63, 3.8) is 0 Å². The second-order valence-corrected chi connectivity index (χ2v) is 3.71. The van der Waals surface area contributed by atoms with E-state index in [1.807, 2.05) is 0 Å². The Morgan fingerprint density at radius 1 is 1.45 bits per heavy atom. The third kappa shape index (κ3) is 3.77. The summed E-state index contributed by atoms with van der Waals surface area (Å²) in [6, 6.07) is 0.942. The normalized spacial score (nSPS) is 12.3. The summed E-state index contributed by atoms with van der Waals surface area (Å²) in [6.07, 6.45) is 0. The minimum Gasteiger partial charge on any atom is -0.496 e.